The Balaban J connectivity index is 2.04. The van der Waals surface area contributed by atoms with Crippen molar-refractivity contribution in [2.45, 2.75) is 46.3 Å². The van der Waals surface area contributed by atoms with Crippen molar-refractivity contribution >= 4 is 35.1 Å². The molecule has 0 spiro atoms. The SMILES string of the molecule is CC(C)COC(=O)CC1C(=O)NCCN1C(=S)NC(=O)c1cccc(OC(C)C)c1. The summed E-state index contributed by atoms with van der Waals surface area (Å²) in [4.78, 5) is 38.7. The third kappa shape index (κ3) is 6.98. The van der Waals surface area contributed by atoms with E-state index < -0.39 is 17.9 Å². The molecule has 0 bridgehead atoms. The minimum Gasteiger partial charge on any atom is -0.491 e. The summed E-state index contributed by atoms with van der Waals surface area (Å²) in [6.45, 7) is 8.68. The second-order valence-electron chi connectivity index (χ2n) is 7.73. The Kier molecular flexibility index (Phi) is 8.58. The van der Waals surface area contributed by atoms with E-state index in [-0.39, 0.29) is 36.1 Å². The lowest BCUT2D eigenvalue weighted by Gasteiger charge is -2.36. The summed E-state index contributed by atoms with van der Waals surface area (Å²) in [5, 5.41) is 5.46. The fraction of sp³-hybridized carbons (Fsp3) is 0.524. The fourth-order valence-corrected chi connectivity index (χ4v) is 3.17. The minimum absolute atomic E-state index is 0.0209. The quantitative estimate of drug-likeness (QED) is 0.499. The highest BCUT2D eigenvalue weighted by Crippen LogP contribution is 2.16. The predicted octanol–water partition coefficient (Wildman–Crippen LogP) is 1.88. The average Bonchev–Trinajstić information content (AvgIpc) is 2.67. The molecule has 0 aliphatic carbocycles. The molecule has 1 heterocycles. The molecular weight excluding hydrogens is 406 g/mol. The molecule has 2 N–H and O–H groups in total. The van der Waals surface area contributed by atoms with Gasteiger partial charge in [0.25, 0.3) is 5.91 Å². The molecule has 164 valence electrons. The van der Waals surface area contributed by atoms with E-state index in [0.717, 1.165) is 0 Å². The lowest BCUT2D eigenvalue weighted by Crippen LogP contribution is -2.60. The van der Waals surface area contributed by atoms with Crippen molar-refractivity contribution in [3.05, 3.63) is 29.8 Å². The molecule has 1 fully saturated rings. The van der Waals surface area contributed by atoms with Gasteiger partial charge in [-0.05, 0) is 50.2 Å². The number of amides is 2. The Morgan fingerprint density at radius 2 is 2.03 bits per heavy atom. The van der Waals surface area contributed by atoms with Gasteiger partial charge in [-0.3, -0.25) is 19.7 Å². The summed E-state index contributed by atoms with van der Waals surface area (Å²) in [5.74, 6) is -0.454. The zero-order valence-corrected chi connectivity index (χ0v) is 18.6. The molecule has 0 aromatic heterocycles. The largest absolute Gasteiger partial charge is 0.491 e. The normalized spacial score (nSPS) is 16.3. The number of esters is 1. The van der Waals surface area contributed by atoms with Crippen molar-refractivity contribution in [1.29, 1.82) is 0 Å². The van der Waals surface area contributed by atoms with Crippen LogP contribution in [0.3, 0.4) is 0 Å². The highest BCUT2D eigenvalue weighted by atomic mass is 32.1. The van der Waals surface area contributed by atoms with E-state index >= 15 is 0 Å². The van der Waals surface area contributed by atoms with Gasteiger partial charge in [0, 0.05) is 18.7 Å². The predicted molar refractivity (Wildman–Crippen MR) is 116 cm³/mol. The van der Waals surface area contributed by atoms with E-state index in [1.807, 2.05) is 27.7 Å². The van der Waals surface area contributed by atoms with E-state index in [2.05, 4.69) is 10.6 Å². The lowest BCUT2D eigenvalue weighted by molar-refractivity contribution is -0.148. The molecule has 0 radical (unpaired) electrons. The molecule has 1 unspecified atom stereocenters. The van der Waals surface area contributed by atoms with Crippen LogP contribution in [0, 0.1) is 5.92 Å². The molecule has 30 heavy (non-hydrogen) atoms. The minimum atomic E-state index is -0.832. The van der Waals surface area contributed by atoms with E-state index in [9.17, 15) is 14.4 Å². The van der Waals surface area contributed by atoms with Crippen molar-refractivity contribution in [2.75, 3.05) is 19.7 Å². The molecular formula is C21H29N3O5S. The first kappa shape index (κ1) is 23.6. The smallest absolute Gasteiger partial charge is 0.308 e. The van der Waals surface area contributed by atoms with Crippen molar-refractivity contribution in [1.82, 2.24) is 15.5 Å². The van der Waals surface area contributed by atoms with E-state index in [4.69, 9.17) is 21.7 Å². The fourth-order valence-electron chi connectivity index (χ4n) is 2.86. The van der Waals surface area contributed by atoms with Gasteiger partial charge in [-0.25, -0.2) is 0 Å². The second kappa shape index (κ2) is 10.9. The second-order valence-corrected chi connectivity index (χ2v) is 8.12. The number of benzene rings is 1. The Labute approximate surface area is 182 Å². The third-order valence-electron chi connectivity index (χ3n) is 4.22. The summed E-state index contributed by atoms with van der Waals surface area (Å²) in [7, 11) is 0. The van der Waals surface area contributed by atoms with Crippen LogP contribution in [0.5, 0.6) is 5.75 Å². The zero-order valence-electron chi connectivity index (χ0n) is 17.8. The van der Waals surface area contributed by atoms with E-state index in [1.54, 1.807) is 29.2 Å². The van der Waals surface area contributed by atoms with Crippen LogP contribution in [-0.2, 0) is 14.3 Å². The first-order chi connectivity index (χ1) is 14.2. The number of carbonyl (C=O) groups is 3. The number of carbonyl (C=O) groups excluding carboxylic acids is 3. The number of hydrogen-bond acceptors (Lipinski definition) is 6. The van der Waals surface area contributed by atoms with Crippen LogP contribution in [0.1, 0.15) is 44.5 Å². The summed E-state index contributed by atoms with van der Waals surface area (Å²) in [5.41, 5.74) is 0.379. The highest BCUT2D eigenvalue weighted by Gasteiger charge is 2.34. The number of hydrogen-bond donors (Lipinski definition) is 2. The summed E-state index contributed by atoms with van der Waals surface area (Å²) >= 11 is 5.37. The molecule has 1 aliphatic heterocycles. The maximum Gasteiger partial charge on any atom is 0.308 e. The van der Waals surface area contributed by atoms with Crippen molar-refractivity contribution < 1.29 is 23.9 Å². The molecule has 8 nitrogen and oxygen atoms in total. The van der Waals surface area contributed by atoms with Crippen molar-refractivity contribution in [3.63, 3.8) is 0 Å². The molecule has 1 aromatic carbocycles. The average molecular weight is 436 g/mol. The Bertz CT molecular complexity index is 797. The number of nitrogens with zero attached hydrogens (tertiary/aromatic N) is 1. The third-order valence-corrected chi connectivity index (χ3v) is 4.55. The topological polar surface area (TPSA) is 97.0 Å². The standard InChI is InChI=1S/C21H29N3O5S/c1-13(2)12-28-18(25)11-17-20(27)22-8-9-24(17)21(30)23-19(26)15-6-5-7-16(10-15)29-14(3)4/h5-7,10,13-14,17H,8-9,11-12H2,1-4H3,(H,22,27)(H,23,26,30). The molecule has 2 rings (SSSR count). The molecule has 1 saturated heterocycles. The molecule has 9 heteroatoms. The number of thiocarbonyl (C=S) groups is 1. The van der Waals surface area contributed by atoms with Crippen LogP contribution in [0.25, 0.3) is 0 Å². The first-order valence-corrected chi connectivity index (χ1v) is 10.4. The van der Waals surface area contributed by atoms with E-state index in [0.29, 0.717) is 24.4 Å². The summed E-state index contributed by atoms with van der Waals surface area (Å²) in [6, 6.07) is 5.93. The van der Waals surface area contributed by atoms with Crippen LogP contribution in [0.4, 0.5) is 0 Å². The van der Waals surface area contributed by atoms with Gasteiger partial charge in [0.15, 0.2) is 5.11 Å². The van der Waals surface area contributed by atoms with Crippen LogP contribution in [0.2, 0.25) is 0 Å². The maximum atomic E-state index is 12.7. The van der Waals surface area contributed by atoms with Crippen molar-refractivity contribution in [2.24, 2.45) is 5.92 Å². The number of rotatable bonds is 7. The summed E-state index contributed by atoms with van der Waals surface area (Å²) in [6.07, 6.45) is -0.167. The monoisotopic (exact) mass is 435 g/mol. The molecule has 1 aromatic rings. The number of nitrogens with one attached hydrogen (secondary N) is 2. The maximum absolute atomic E-state index is 12.7. The zero-order chi connectivity index (χ0) is 22.3. The van der Waals surface area contributed by atoms with Gasteiger partial charge in [0.2, 0.25) is 5.91 Å². The highest BCUT2D eigenvalue weighted by molar-refractivity contribution is 7.80. The van der Waals surface area contributed by atoms with Crippen LogP contribution < -0.4 is 15.4 Å². The Morgan fingerprint density at radius 1 is 1.30 bits per heavy atom. The van der Waals surface area contributed by atoms with Gasteiger partial charge in [0.05, 0.1) is 19.1 Å². The van der Waals surface area contributed by atoms with Gasteiger partial charge in [-0.1, -0.05) is 19.9 Å². The van der Waals surface area contributed by atoms with Gasteiger partial charge in [0.1, 0.15) is 11.8 Å². The lowest BCUT2D eigenvalue weighted by atomic mass is 10.1. The molecule has 2 amide bonds. The van der Waals surface area contributed by atoms with Crippen LogP contribution in [0.15, 0.2) is 24.3 Å². The van der Waals surface area contributed by atoms with Crippen LogP contribution in [-0.4, -0.2) is 59.6 Å². The molecule has 0 saturated carbocycles. The van der Waals surface area contributed by atoms with E-state index in [1.165, 1.54) is 0 Å². The first-order valence-electron chi connectivity index (χ1n) is 9.99. The molecule has 1 atom stereocenters. The number of ether oxygens (including phenoxy) is 2. The van der Waals surface area contributed by atoms with Gasteiger partial charge >= 0.3 is 5.97 Å². The van der Waals surface area contributed by atoms with Crippen LogP contribution >= 0.6 is 12.2 Å². The Hall–Kier alpha value is -2.68. The summed E-state index contributed by atoms with van der Waals surface area (Å²) < 4.78 is 10.8. The van der Waals surface area contributed by atoms with Gasteiger partial charge in [-0.15, -0.1) is 0 Å². The van der Waals surface area contributed by atoms with Crippen molar-refractivity contribution in [3.8, 4) is 5.75 Å². The van der Waals surface area contributed by atoms with Gasteiger partial charge < -0.3 is 19.7 Å². The Morgan fingerprint density at radius 3 is 2.70 bits per heavy atom. The van der Waals surface area contributed by atoms with Gasteiger partial charge in [-0.2, -0.15) is 0 Å². The molecule has 1 aliphatic rings. The number of piperazine rings is 1.